The zero-order chi connectivity index (χ0) is 17.4. The molecule has 0 saturated heterocycles. The largest absolute Gasteiger partial charge is 0.390 e. The van der Waals surface area contributed by atoms with Crippen molar-refractivity contribution in [1.82, 2.24) is 9.78 Å². The highest BCUT2D eigenvalue weighted by Crippen LogP contribution is 2.28. The summed E-state index contributed by atoms with van der Waals surface area (Å²) in [5.41, 5.74) is 4.29. The summed E-state index contributed by atoms with van der Waals surface area (Å²) in [6.45, 7) is 0.206. The molecule has 2 aromatic carbocycles. The minimum Gasteiger partial charge on any atom is -0.390 e. The molecule has 25 heavy (non-hydrogen) atoms. The first kappa shape index (κ1) is 15.2. The lowest BCUT2D eigenvalue weighted by Crippen LogP contribution is -2.09. The number of hydrogen-bond donors (Lipinski definition) is 1. The molecule has 0 aliphatic carbocycles. The monoisotopic (exact) mass is 334 g/mol. The maximum Gasteiger partial charge on any atom is 0.270 e. The summed E-state index contributed by atoms with van der Waals surface area (Å²) < 4.78 is 1.70. The summed E-state index contributed by atoms with van der Waals surface area (Å²) in [6.07, 6.45) is 0. The predicted octanol–water partition coefficient (Wildman–Crippen LogP) is 2.62. The summed E-state index contributed by atoms with van der Waals surface area (Å²) in [7, 11) is 0. The number of non-ortho nitro benzene ring substituents is 1. The van der Waals surface area contributed by atoms with Crippen LogP contribution in [0, 0.1) is 10.1 Å². The van der Waals surface area contributed by atoms with Crippen molar-refractivity contribution in [2.75, 3.05) is 0 Å². The molecule has 3 aromatic rings. The molecule has 0 atom stereocenters. The fraction of sp³-hybridized carbons (Fsp3) is 0.111. The van der Waals surface area contributed by atoms with Gasteiger partial charge in [-0.05, 0) is 12.1 Å². The van der Waals surface area contributed by atoms with E-state index in [9.17, 15) is 15.2 Å². The van der Waals surface area contributed by atoms with Crippen LogP contribution in [0.15, 0.2) is 59.6 Å². The van der Waals surface area contributed by atoms with Gasteiger partial charge in [0.25, 0.3) is 5.69 Å². The Bertz CT molecular complexity index is 993. The molecule has 1 aliphatic rings. The average Bonchev–Trinajstić information content (AvgIpc) is 2.99. The Labute approximate surface area is 143 Å². The SMILES string of the molecule is O=[N+]([O-])c1ccc2c(c1)C(c1ccccc1)=NCc1cc(CO)nn1-2. The molecular formula is C18H14N4O3. The van der Waals surface area contributed by atoms with Crippen molar-refractivity contribution in [2.24, 2.45) is 4.99 Å². The first-order valence-electron chi connectivity index (χ1n) is 7.75. The summed E-state index contributed by atoms with van der Waals surface area (Å²) in [6, 6.07) is 16.0. The third kappa shape index (κ3) is 2.60. The zero-order valence-corrected chi connectivity index (χ0v) is 13.2. The minimum absolute atomic E-state index is 0.000342. The molecule has 0 unspecified atom stereocenters. The number of fused-ring (bicyclic) bond motifs is 3. The van der Waals surface area contributed by atoms with Crippen LogP contribution in [0.25, 0.3) is 5.69 Å². The van der Waals surface area contributed by atoms with Gasteiger partial charge in [0.1, 0.15) is 0 Å². The van der Waals surface area contributed by atoms with E-state index >= 15 is 0 Å². The van der Waals surface area contributed by atoms with Gasteiger partial charge in [-0.25, -0.2) is 4.68 Å². The molecule has 0 fully saturated rings. The zero-order valence-electron chi connectivity index (χ0n) is 13.2. The van der Waals surface area contributed by atoms with Crippen molar-refractivity contribution in [3.63, 3.8) is 0 Å². The van der Waals surface area contributed by atoms with Gasteiger partial charge in [0.15, 0.2) is 0 Å². The molecule has 1 N–H and O–H groups in total. The van der Waals surface area contributed by atoms with Crippen LogP contribution in [0.2, 0.25) is 0 Å². The highest BCUT2D eigenvalue weighted by Gasteiger charge is 2.23. The van der Waals surface area contributed by atoms with Gasteiger partial charge in [0, 0.05) is 23.3 Å². The topological polar surface area (TPSA) is 93.6 Å². The molecule has 1 aliphatic heterocycles. The Morgan fingerprint density at radius 2 is 1.96 bits per heavy atom. The number of aliphatic imine (C=N–C) groups is 1. The summed E-state index contributed by atoms with van der Waals surface area (Å²) in [5, 5.41) is 25.0. The standard InChI is InChI=1S/C18H14N4O3/c23-11-13-8-15-10-19-18(12-4-2-1-3-5-12)16-9-14(22(24)25)6-7-17(16)21(15)20-13/h1-9,23H,10-11H2. The van der Waals surface area contributed by atoms with E-state index < -0.39 is 4.92 Å². The molecule has 0 spiro atoms. The first-order chi connectivity index (χ1) is 12.2. The van der Waals surface area contributed by atoms with Gasteiger partial charge in [-0.3, -0.25) is 15.1 Å². The highest BCUT2D eigenvalue weighted by molar-refractivity contribution is 6.15. The summed E-state index contributed by atoms with van der Waals surface area (Å²) in [5.74, 6) is 0. The van der Waals surface area contributed by atoms with E-state index in [1.54, 1.807) is 16.8 Å². The van der Waals surface area contributed by atoms with Gasteiger partial charge in [-0.15, -0.1) is 0 Å². The van der Waals surface area contributed by atoms with Crippen molar-refractivity contribution in [1.29, 1.82) is 0 Å². The van der Waals surface area contributed by atoms with Gasteiger partial charge in [-0.1, -0.05) is 30.3 Å². The number of rotatable bonds is 3. The highest BCUT2D eigenvalue weighted by atomic mass is 16.6. The Kier molecular flexibility index (Phi) is 3.62. The summed E-state index contributed by atoms with van der Waals surface area (Å²) >= 11 is 0. The number of aliphatic hydroxyl groups excluding tert-OH is 1. The lowest BCUT2D eigenvalue weighted by Gasteiger charge is -2.11. The second-order valence-electron chi connectivity index (χ2n) is 5.69. The Balaban J connectivity index is 1.97. The first-order valence-corrected chi connectivity index (χ1v) is 7.75. The second-order valence-corrected chi connectivity index (χ2v) is 5.69. The molecule has 2 heterocycles. The van der Waals surface area contributed by atoms with Crippen LogP contribution in [0.5, 0.6) is 0 Å². The van der Waals surface area contributed by atoms with E-state index in [1.165, 1.54) is 12.1 Å². The molecule has 1 aromatic heterocycles. The molecule has 4 rings (SSSR count). The Morgan fingerprint density at radius 3 is 2.68 bits per heavy atom. The molecule has 7 heteroatoms. The van der Waals surface area contributed by atoms with Crippen LogP contribution in [0.4, 0.5) is 5.69 Å². The third-order valence-corrected chi connectivity index (χ3v) is 4.12. The van der Waals surface area contributed by atoms with Gasteiger partial charge in [0.05, 0.1) is 40.9 Å². The van der Waals surface area contributed by atoms with E-state index in [2.05, 4.69) is 10.1 Å². The van der Waals surface area contributed by atoms with Gasteiger partial charge in [-0.2, -0.15) is 5.10 Å². The van der Waals surface area contributed by atoms with Crippen molar-refractivity contribution < 1.29 is 10.0 Å². The average molecular weight is 334 g/mol. The summed E-state index contributed by atoms with van der Waals surface area (Å²) in [4.78, 5) is 15.5. The van der Waals surface area contributed by atoms with Crippen molar-refractivity contribution in [3.8, 4) is 5.69 Å². The predicted molar refractivity (Wildman–Crippen MR) is 91.9 cm³/mol. The molecule has 0 saturated carbocycles. The molecule has 7 nitrogen and oxygen atoms in total. The fourth-order valence-corrected chi connectivity index (χ4v) is 2.97. The number of nitrogens with zero attached hydrogens (tertiary/aromatic N) is 4. The lowest BCUT2D eigenvalue weighted by molar-refractivity contribution is -0.384. The lowest BCUT2D eigenvalue weighted by atomic mass is 10.00. The minimum atomic E-state index is -0.420. The number of nitro benzene ring substituents is 1. The Morgan fingerprint density at radius 1 is 1.16 bits per heavy atom. The van der Waals surface area contributed by atoms with Gasteiger partial charge in [0.2, 0.25) is 0 Å². The third-order valence-electron chi connectivity index (χ3n) is 4.12. The normalized spacial score (nSPS) is 12.8. The maximum atomic E-state index is 11.2. The quantitative estimate of drug-likeness (QED) is 0.588. The second kappa shape index (κ2) is 5.95. The van der Waals surface area contributed by atoms with E-state index in [4.69, 9.17) is 0 Å². The van der Waals surface area contributed by atoms with Gasteiger partial charge >= 0.3 is 0 Å². The number of aromatic nitrogens is 2. The molecule has 0 radical (unpaired) electrons. The van der Waals surface area contributed by atoms with Crippen LogP contribution in [-0.2, 0) is 13.2 Å². The van der Waals surface area contributed by atoms with Crippen molar-refractivity contribution in [3.05, 3.63) is 87.2 Å². The molecule has 124 valence electrons. The van der Waals surface area contributed by atoms with Crippen LogP contribution < -0.4 is 0 Å². The van der Waals surface area contributed by atoms with Crippen molar-refractivity contribution in [2.45, 2.75) is 13.2 Å². The smallest absolute Gasteiger partial charge is 0.270 e. The molecule has 0 amide bonds. The maximum absolute atomic E-state index is 11.2. The van der Waals surface area contributed by atoms with E-state index in [0.717, 1.165) is 11.3 Å². The fourth-order valence-electron chi connectivity index (χ4n) is 2.97. The molecular weight excluding hydrogens is 320 g/mol. The molecule has 0 bridgehead atoms. The van der Waals surface area contributed by atoms with Crippen LogP contribution in [0.1, 0.15) is 22.5 Å². The number of hydrogen-bond acceptors (Lipinski definition) is 5. The number of nitro groups is 1. The van der Waals surface area contributed by atoms with E-state index in [0.29, 0.717) is 29.2 Å². The number of aliphatic hydroxyl groups is 1. The van der Waals surface area contributed by atoms with Gasteiger partial charge < -0.3 is 5.11 Å². The Hall–Kier alpha value is -3.32. The van der Waals surface area contributed by atoms with Crippen LogP contribution in [-0.4, -0.2) is 25.5 Å². The van der Waals surface area contributed by atoms with Crippen molar-refractivity contribution >= 4 is 11.4 Å². The van der Waals surface area contributed by atoms with E-state index in [1.807, 2.05) is 30.3 Å². The van der Waals surface area contributed by atoms with Crippen LogP contribution >= 0.6 is 0 Å². The van der Waals surface area contributed by atoms with E-state index in [-0.39, 0.29) is 12.3 Å². The number of benzene rings is 2. The van der Waals surface area contributed by atoms with Crippen LogP contribution in [0.3, 0.4) is 0 Å².